The highest BCUT2D eigenvalue weighted by Gasteiger charge is 2.12. The molecule has 0 bridgehead atoms. The molecule has 3 heteroatoms. The highest BCUT2D eigenvalue weighted by Crippen LogP contribution is 2.07. The van der Waals surface area contributed by atoms with E-state index in [1.165, 1.54) is 0 Å². The Morgan fingerprint density at radius 3 is 2.76 bits per heavy atom. The molecular formula is C14H16N2O. The van der Waals surface area contributed by atoms with E-state index in [9.17, 15) is 4.79 Å². The van der Waals surface area contributed by atoms with E-state index in [-0.39, 0.29) is 5.78 Å². The first-order valence-electron chi connectivity index (χ1n) is 5.89. The average Bonchev–Trinajstić information content (AvgIpc) is 2.79. The lowest BCUT2D eigenvalue weighted by Gasteiger charge is -2.05. The van der Waals surface area contributed by atoms with Gasteiger partial charge in [-0.25, -0.2) is 4.98 Å². The van der Waals surface area contributed by atoms with Crippen LogP contribution < -0.4 is 0 Å². The number of carbonyl (C=O) groups is 1. The minimum atomic E-state index is 0.0784. The Morgan fingerprint density at radius 2 is 2.06 bits per heavy atom. The van der Waals surface area contributed by atoms with Crippen LogP contribution in [0.1, 0.15) is 29.5 Å². The molecule has 0 atom stereocenters. The first kappa shape index (κ1) is 11.6. The number of benzene rings is 1. The fourth-order valence-corrected chi connectivity index (χ4v) is 1.84. The smallest absolute Gasteiger partial charge is 0.202 e. The minimum Gasteiger partial charge on any atom is -0.329 e. The van der Waals surface area contributed by atoms with Crippen molar-refractivity contribution in [1.29, 1.82) is 0 Å². The van der Waals surface area contributed by atoms with Crippen molar-refractivity contribution in [3.63, 3.8) is 0 Å². The second-order valence-corrected chi connectivity index (χ2v) is 4.03. The van der Waals surface area contributed by atoms with Crippen molar-refractivity contribution in [3.8, 4) is 0 Å². The number of ketones is 1. The van der Waals surface area contributed by atoms with Crippen LogP contribution in [0.25, 0.3) is 0 Å². The number of aromatic nitrogens is 2. The second kappa shape index (κ2) is 5.43. The summed E-state index contributed by atoms with van der Waals surface area (Å²) in [7, 11) is 0. The molecule has 0 amide bonds. The largest absolute Gasteiger partial charge is 0.329 e. The van der Waals surface area contributed by atoms with E-state index in [1.54, 1.807) is 6.20 Å². The molecule has 1 aromatic heterocycles. The summed E-state index contributed by atoms with van der Waals surface area (Å²) in [6.07, 6.45) is 4.97. The second-order valence-electron chi connectivity index (χ2n) is 4.03. The standard InChI is InChI=1S/C14H16N2O/c1-2-9-16-10-8-15-14(16)13(17)11-12-6-4-3-5-7-12/h3-8,10H,2,9,11H2,1H3. The number of rotatable bonds is 5. The highest BCUT2D eigenvalue weighted by molar-refractivity contribution is 5.94. The lowest BCUT2D eigenvalue weighted by molar-refractivity contribution is 0.0979. The molecule has 1 heterocycles. The molecule has 0 aliphatic rings. The summed E-state index contributed by atoms with van der Waals surface area (Å²) >= 11 is 0. The number of nitrogens with zero attached hydrogens (tertiary/aromatic N) is 2. The van der Waals surface area contributed by atoms with Crippen molar-refractivity contribution >= 4 is 5.78 Å². The van der Waals surface area contributed by atoms with Crippen LogP contribution in [0.5, 0.6) is 0 Å². The quantitative estimate of drug-likeness (QED) is 0.737. The third-order valence-corrected chi connectivity index (χ3v) is 2.64. The normalized spacial score (nSPS) is 10.4. The number of aryl methyl sites for hydroxylation is 1. The Labute approximate surface area is 101 Å². The molecular weight excluding hydrogens is 212 g/mol. The van der Waals surface area contributed by atoms with Crippen LogP contribution in [0.3, 0.4) is 0 Å². The fraction of sp³-hybridized carbons (Fsp3) is 0.286. The van der Waals surface area contributed by atoms with Crippen molar-refractivity contribution in [2.75, 3.05) is 0 Å². The maximum Gasteiger partial charge on any atom is 0.202 e. The third kappa shape index (κ3) is 2.81. The Bertz CT molecular complexity index is 488. The monoisotopic (exact) mass is 228 g/mol. The molecule has 0 radical (unpaired) electrons. The Morgan fingerprint density at radius 1 is 1.29 bits per heavy atom. The van der Waals surface area contributed by atoms with E-state index < -0.39 is 0 Å². The number of Topliss-reactive ketones (excluding diaryl/α,β-unsaturated/α-hetero) is 1. The van der Waals surface area contributed by atoms with Crippen molar-refractivity contribution in [2.24, 2.45) is 0 Å². The predicted molar refractivity (Wildman–Crippen MR) is 67.0 cm³/mol. The molecule has 0 aliphatic heterocycles. The van der Waals surface area contributed by atoms with Gasteiger partial charge in [0.25, 0.3) is 0 Å². The van der Waals surface area contributed by atoms with Gasteiger partial charge in [-0.2, -0.15) is 0 Å². The maximum absolute atomic E-state index is 12.1. The molecule has 0 saturated carbocycles. The van der Waals surface area contributed by atoms with Crippen LogP contribution in [0, 0.1) is 0 Å². The summed E-state index contributed by atoms with van der Waals surface area (Å²) in [6.45, 7) is 2.93. The molecule has 1 aromatic carbocycles. The number of hydrogen-bond donors (Lipinski definition) is 0. The van der Waals surface area contributed by atoms with Crippen LogP contribution in [-0.4, -0.2) is 15.3 Å². The molecule has 0 unspecified atom stereocenters. The lowest BCUT2D eigenvalue weighted by atomic mass is 10.1. The Balaban J connectivity index is 2.12. The molecule has 0 fully saturated rings. The minimum absolute atomic E-state index is 0.0784. The van der Waals surface area contributed by atoms with Gasteiger partial charge in [-0.1, -0.05) is 37.3 Å². The number of hydrogen-bond acceptors (Lipinski definition) is 2. The zero-order valence-electron chi connectivity index (χ0n) is 9.97. The first-order valence-corrected chi connectivity index (χ1v) is 5.89. The molecule has 0 saturated heterocycles. The zero-order chi connectivity index (χ0) is 12.1. The topological polar surface area (TPSA) is 34.9 Å². The summed E-state index contributed by atoms with van der Waals surface area (Å²) in [5, 5.41) is 0. The van der Waals surface area contributed by atoms with Crippen LogP contribution >= 0.6 is 0 Å². The van der Waals surface area contributed by atoms with E-state index in [0.717, 1.165) is 18.5 Å². The van der Waals surface area contributed by atoms with Crippen molar-refractivity contribution in [2.45, 2.75) is 26.3 Å². The maximum atomic E-state index is 12.1. The van der Waals surface area contributed by atoms with E-state index in [4.69, 9.17) is 0 Å². The molecule has 17 heavy (non-hydrogen) atoms. The Hall–Kier alpha value is -1.90. The van der Waals surface area contributed by atoms with Gasteiger partial charge in [0.2, 0.25) is 5.78 Å². The summed E-state index contributed by atoms with van der Waals surface area (Å²) in [6, 6.07) is 9.77. The molecule has 0 aliphatic carbocycles. The molecule has 3 nitrogen and oxygen atoms in total. The fourth-order valence-electron chi connectivity index (χ4n) is 1.84. The summed E-state index contributed by atoms with van der Waals surface area (Å²) in [5.41, 5.74) is 1.03. The predicted octanol–water partition coefficient (Wildman–Crippen LogP) is 2.72. The van der Waals surface area contributed by atoms with E-state index >= 15 is 0 Å². The SMILES string of the molecule is CCCn1ccnc1C(=O)Cc1ccccc1. The molecule has 88 valence electrons. The van der Waals surface area contributed by atoms with Gasteiger partial charge in [0.15, 0.2) is 5.82 Å². The van der Waals surface area contributed by atoms with Crippen LogP contribution in [0.15, 0.2) is 42.7 Å². The van der Waals surface area contributed by atoms with Gasteiger partial charge in [0.1, 0.15) is 0 Å². The molecule has 2 rings (SSSR count). The number of carbonyl (C=O) groups excluding carboxylic acids is 1. The Kier molecular flexibility index (Phi) is 3.70. The van der Waals surface area contributed by atoms with Crippen molar-refractivity contribution in [1.82, 2.24) is 9.55 Å². The van der Waals surface area contributed by atoms with Gasteiger partial charge < -0.3 is 4.57 Å². The molecule has 2 aromatic rings. The highest BCUT2D eigenvalue weighted by atomic mass is 16.1. The van der Waals surface area contributed by atoms with Gasteiger partial charge in [0, 0.05) is 25.4 Å². The van der Waals surface area contributed by atoms with Crippen LogP contribution in [0.4, 0.5) is 0 Å². The van der Waals surface area contributed by atoms with Gasteiger partial charge in [-0.3, -0.25) is 4.79 Å². The van der Waals surface area contributed by atoms with Gasteiger partial charge in [-0.05, 0) is 12.0 Å². The van der Waals surface area contributed by atoms with Crippen molar-refractivity contribution < 1.29 is 4.79 Å². The summed E-state index contributed by atoms with van der Waals surface area (Å²) in [4.78, 5) is 16.2. The van der Waals surface area contributed by atoms with Crippen molar-refractivity contribution in [3.05, 3.63) is 54.1 Å². The summed E-state index contributed by atoms with van der Waals surface area (Å²) < 4.78 is 1.92. The van der Waals surface area contributed by atoms with Gasteiger partial charge in [0.05, 0.1) is 0 Å². The summed E-state index contributed by atoms with van der Waals surface area (Å²) in [5.74, 6) is 0.644. The third-order valence-electron chi connectivity index (χ3n) is 2.64. The van der Waals surface area contributed by atoms with Crippen LogP contribution in [0.2, 0.25) is 0 Å². The molecule has 0 N–H and O–H groups in total. The molecule has 0 spiro atoms. The average molecular weight is 228 g/mol. The first-order chi connectivity index (χ1) is 8.31. The zero-order valence-corrected chi connectivity index (χ0v) is 9.97. The van der Waals surface area contributed by atoms with Crippen LogP contribution in [-0.2, 0) is 13.0 Å². The lowest BCUT2D eigenvalue weighted by Crippen LogP contribution is -2.12. The van der Waals surface area contributed by atoms with Gasteiger partial charge in [-0.15, -0.1) is 0 Å². The van der Waals surface area contributed by atoms with E-state index in [2.05, 4.69) is 11.9 Å². The van der Waals surface area contributed by atoms with E-state index in [1.807, 2.05) is 41.1 Å². The number of imidazole rings is 1. The van der Waals surface area contributed by atoms with E-state index in [0.29, 0.717) is 12.2 Å². The van der Waals surface area contributed by atoms with Gasteiger partial charge >= 0.3 is 0 Å².